The van der Waals surface area contributed by atoms with Crippen LogP contribution in [0.2, 0.25) is 0 Å². The van der Waals surface area contributed by atoms with E-state index in [1.807, 2.05) is 30.6 Å². The molecule has 0 atom stereocenters. The van der Waals surface area contributed by atoms with Crippen LogP contribution in [0.5, 0.6) is 0 Å². The minimum atomic E-state index is -0.0504. The molecular weight excluding hydrogens is 539 g/mol. The molecule has 0 bridgehead atoms. The van der Waals surface area contributed by atoms with Crippen LogP contribution in [-0.4, -0.2) is 26.4 Å². The van der Waals surface area contributed by atoms with E-state index in [1.54, 1.807) is 11.8 Å². The first-order valence-electron chi connectivity index (χ1n) is 9.82. The van der Waals surface area contributed by atoms with Crippen molar-refractivity contribution < 1.29 is 4.79 Å². The summed E-state index contributed by atoms with van der Waals surface area (Å²) < 4.78 is 3.19. The monoisotopic (exact) mass is 564 g/mol. The predicted octanol–water partition coefficient (Wildman–Crippen LogP) is 5.85. The predicted molar refractivity (Wildman–Crippen MR) is 140 cm³/mol. The van der Waals surface area contributed by atoms with Crippen molar-refractivity contribution in [2.75, 3.05) is 11.1 Å². The van der Waals surface area contributed by atoms with Gasteiger partial charge in [-0.3, -0.25) is 4.79 Å². The van der Waals surface area contributed by atoms with E-state index in [1.165, 1.54) is 17.3 Å². The number of carbonyl (C=O) groups excluding carboxylic acids is 1. The number of nitrogens with zero attached hydrogens (tertiary/aromatic N) is 3. The van der Waals surface area contributed by atoms with Gasteiger partial charge in [0.1, 0.15) is 5.82 Å². The highest BCUT2D eigenvalue weighted by Gasteiger charge is 2.15. The summed E-state index contributed by atoms with van der Waals surface area (Å²) in [4.78, 5) is 12.6. The number of amides is 1. The van der Waals surface area contributed by atoms with E-state index >= 15 is 0 Å². The van der Waals surface area contributed by atoms with Gasteiger partial charge in [-0.15, -0.1) is 28.5 Å². The summed E-state index contributed by atoms with van der Waals surface area (Å²) >= 11 is 5.48. The number of allylic oxidation sites excluding steroid dienone is 1. The Hall–Kier alpha value is -1.78. The van der Waals surface area contributed by atoms with Crippen molar-refractivity contribution in [1.29, 1.82) is 0 Å². The fourth-order valence-electron chi connectivity index (χ4n) is 3.09. The van der Waals surface area contributed by atoms with Gasteiger partial charge >= 0.3 is 0 Å². The van der Waals surface area contributed by atoms with Gasteiger partial charge in [0.05, 0.1) is 11.5 Å². The number of aromatic nitrogens is 3. The van der Waals surface area contributed by atoms with E-state index < -0.39 is 0 Å². The number of anilines is 1. The van der Waals surface area contributed by atoms with Crippen LogP contribution in [0.3, 0.4) is 0 Å². The summed E-state index contributed by atoms with van der Waals surface area (Å²) in [7, 11) is 0. The Kier molecular flexibility index (Phi) is 9.03. The first-order chi connectivity index (χ1) is 15.0. The Morgan fingerprint density at radius 3 is 2.55 bits per heavy atom. The maximum Gasteiger partial charge on any atom is 0.234 e. The zero-order valence-electron chi connectivity index (χ0n) is 17.6. The van der Waals surface area contributed by atoms with E-state index in [0.717, 1.165) is 42.9 Å². The number of rotatable bonds is 10. The number of thioether (sulfide) groups is 2. The molecule has 3 rings (SSSR count). The van der Waals surface area contributed by atoms with Gasteiger partial charge in [0.25, 0.3) is 0 Å². The van der Waals surface area contributed by atoms with Crippen LogP contribution in [-0.2, 0) is 22.8 Å². The van der Waals surface area contributed by atoms with Crippen LogP contribution in [0.1, 0.15) is 22.5 Å². The number of benzene rings is 2. The van der Waals surface area contributed by atoms with Crippen molar-refractivity contribution in [3.63, 3.8) is 0 Å². The zero-order chi connectivity index (χ0) is 22.2. The van der Waals surface area contributed by atoms with Crippen molar-refractivity contribution in [3.8, 4) is 0 Å². The molecule has 2 aromatic carbocycles. The van der Waals surface area contributed by atoms with Crippen molar-refractivity contribution >= 4 is 57.7 Å². The molecule has 0 radical (unpaired) electrons. The minimum absolute atomic E-state index is 0.0504. The second-order valence-corrected chi connectivity index (χ2v) is 10.2. The van der Waals surface area contributed by atoms with Crippen molar-refractivity contribution in [3.05, 3.63) is 81.2 Å². The topological polar surface area (TPSA) is 59.8 Å². The van der Waals surface area contributed by atoms with Gasteiger partial charge in [-0.05, 0) is 65.3 Å². The third kappa shape index (κ3) is 6.85. The molecule has 31 heavy (non-hydrogen) atoms. The van der Waals surface area contributed by atoms with Gasteiger partial charge < -0.3 is 9.88 Å². The first-order valence-corrected chi connectivity index (χ1v) is 13.0. The molecule has 5 nitrogen and oxygen atoms in total. The van der Waals surface area contributed by atoms with Crippen molar-refractivity contribution in [2.24, 2.45) is 0 Å². The van der Waals surface area contributed by atoms with Crippen molar-refractivity contribution in [1.82, 2.24) is 14.8 Å². The van der Waals surface area contributed by atoms with Crippen LogP contribution in [0.15, 0.2) is 60.3 Å². The van der Waals surface area contributed by atoms with Crippen LogP contribution in [0.4, 0.5) is 5.69 Å². The second kappa shape index (κ2) is 11.7. The average Bonchev–Trinajstić information content (AvgIpc) is 3.12. The molecule has 1 N–H and O–H groups in total. The first kappa shape index (κ1) is 23.9. The zero-order valence-corrected chi connectivity index (χ0v) is 21.4. The molecule has 8 heteroatoms. The van der Waals surface area contributed by atoms with E-state index in [2.05, 4.69) is 81.1 Å². The van der Waals surface area contributed by atoms with Crippen LogP contribution < -0.4 is 5.32 Å². The lowest BCUT2D eigenvalue weighted by Gasteiger charge is -2.12. The number of hydrogen-bond acceptors (Lipinski definition) is 5. The molecule has 0 saturated carbocycles. The highest BCUT2D eigenvalue weighted by atomic mass is 127. The molecule has 162 valence electrons. The molecule has 3 aromatic rings. The summed E-state index contributed by atoms with van der Waals surface area (Å²) in [5.74, 6) is 2.79. The van der Waals surface area contributed by atoms with Crippen LogP contribution >= 0.6 is 46.1 Å². The molecule has 0 aliphatic rings. The van der Waals surface area contributed by atoms with Gasteiger partial charge in [0.15, 0.2) is 5.16 Å². The molecule has 0 saturated heterocycles. The Morgan fingerprint density at radius 2 is 1.87 bits per heavy atom. The molecule has 0 unspecified atom stereocenters. The third-order valence-electron chi connectivity index (χ3n) is 4.54. The summed E-state index contributed by atoms with van der Waals surface area (Å²) in [5, 5.41) is 12.5. The molecule has 0 spiro atoms. The summed E-state index contributed by atoms with van der Waals surface area (Å²) in [5.41, 5.74) is 4.30. The highest BCUT2D eigenvalue weighted by Crippen LogP contribution is 2.25. The molecule has 0 aliphatic carbocycles. The lowest BCUT2D eigenvalue weighted by Crippen LogP contribution is -2.16. The smallest absolute Gasteiger partial charge is 0.234 e. The molecule has 0 fully saturated rings. The van der Waals surface area contributed by atoms with Crippen molar-refractivity contribution in [2.45, 2.75) is 37.1 Å². The number of nitrogens with one attached hydrogen (secondary N) is 1. The van der Waals surface area contributed by atoms with Gasteiger partial charge in [0, 0.05) is 21.6 Å². The van der Waals surface area contributed by atoms with E-state index in [4.69, 9.17) is 0 Å². The van der Waals surface area contributed by atoms with Gasteiger partial charge in [-0.25, -0.2) is 0 Å². The molecule has 1 aromatic heterocycles. The Balaban J connectivity index is 1.59. The SMILES string of the molecule is C=CCn1c(CSCc2ccccc2)nnc1SCC(=O)Nc1c(C)cc(I)cc1C. The van der Waals surface area contributed by atoms with Crippen LogP contribution in [0.25, 0.3) is 0 Å². The standard InChI is InChI=1S/C23H25IN4OS2/c1-4-10-28-20(14-30-13-18-8-6-5-7-9-18)26-27-23(28)31-15-21(29)25-22-16(2)11-19(24)12-17(22)3/h4-9,11-12H,1,10,13-15H2,2-3H3,(H,25,29). The maximum absolute atomic E-state index is 12.6. The fraction of sp³-hybridized carbons (Fsp3) is 0.261. The quantitative estimate of drug-likeness (QED) is 0.190. The Labute approximate surface area is 205 Å². The normalized spacial score (nSPS) is 10.8. The van der Waals surface area contributed by atoms with Gasteiger partial charge in [0.2, 0.25) is 5.91 Å². The number of hydrogen-bond donors (Lipinski definition) is 1. The van der Waals surface area contributed by atoms with E-state index in [-0.39, 0.29) is 11.7 Å². The maximum atomic E-state index is 12.6. The number of carbonyl (C=O) groups is 1. The summed E-state index contributed by atoms with van der Waals surface area (Å²) in [6.07, 6.45) is 1.83. The van der Waals surface area contributed by atoms with Gasteiger partial charge in [-0.2, -0.15) is 0 Å². The van der Waals surface area contributed by atoms with Gasteiger partial charge in [-0.1, -0.05) is 48.2 Å². The highest BCUT2D eigenvalue weighted by molar-refractivity contribution is 14.1. The Bertz CT molecular complexity index is 1030. The summed E-state index contributed by atoms with van der Waals surface area (Å²) in [6.45, 7) is 8.49. The lowest BCUT2D eigenvalue weighted by molar-refractivity contribution is -0.113. The molecule has 1 amide bonds. The number of aryl methyl sites for hydroxylation is 2. The van der Waals surface area contributed by atoms with E-state index in [0.29, 0.717) is 6.54 Å². The molecular formula is C23H25IN4OS2. The molecule has 0 aliphatic heterocycles. The number of halogens is 1. The Morgan fingerprint density at radius 1 is 1.16 bits per heavy atom. The largest absolute Gasteiger partial charge is 0.325 e. The average molecular weight is 565 g/mol. The summed E-state index contributed by atoms with van der Waals surface area (Å²) in [6, 6.07) is 14.5. The fourth-order valence-corrected chi connectivity index (χ4v) is 5.72. The minimum Gasteiger partial charge on any atom is -0.325 e. The van der Waals surface area contributed by atoms with E-state index in [9.17, 15) is 4.79 Å². The second-order valence-electron chi connectivity index (χ2n) is 7.03. The van der Waals surface area contributed by atoms with Crippen LogP contribution in [0, 0.1) is 17.4 Å². The molecule has 1 heterocycles. The third-order valence-corrected chi connectivity index (χ3v) is 7.13. The lowest BCUT2D eigenvalue weighted by atomic mass is 10.1.